The van der Waals surface area contributed by atoms with Gasteiger partial charge in [-0.3, -0.25) is 25.1 Å². The predicted octanol–water partition coefficient (Wildman–Crippen LogP) is 1.61. The van der Waals surface area contributed by atoms with Crippen molar-refractivity contribution in [3.05, 3.63) is 65.7 Å². The molecule has 11 heteroatoms. The lowest BCUT2D eigenvalue weighted by Crippen LogP contribution is -2.55. The van der Waals surface area contributed by atoms with Gasteiger partial charge in [0.2, 0.25) is 21.8 Å². The van der Waals surface area contributed by atoms with Crippen molar-refractivity contribution in [2.45, 2.75) is 50.1 Å². The number of hydrogen-bond acceptors (Lipinski definition) is 6. The highest BCUT2D eigenvalue weighted by Crippen LogP contribution is 2.23. The predicted molar refractivity (Wildman–Crippen MR) is 135 cm³/mol. The number of nitrogens with one attached hydrogen (secondary N) is 3. The van der Waals surface area contributed by atoms with Crippen LogP contribution >= 0.6 is 0 Å². The molecule has 0 aromatic heterocycles. The minimum atomic E-state index is -3.97. The maximum atomic E-state index is 13.5. The van der Waals surface area contributed by atoms with E-state index < -0.39 is 39.8 Å². The number of imide groups is 1. The number of amides is 3. The van der Waals surface area contributed by atoms with Gasteiger partial charge < -0.3 is 10.6 Å². The molecular weight excluding hydrogens is 482 g/mol. The van der Waals surface area contributed by atoms with Crippen LogP contribution in [0.2, 0.25) is 0 Å². The number of carbonyl (C=O) groups is 3. The highest BCUT2D eigenvalue weighted by atomic mass is 32.2. The van der Waals surface area contributed by atoms with Crippen molar-refractivity contribution >= 4 is 33.6 Å². The largest absolute Gasteiger partial charge is 0.384 e. The first kappa shape index (κ1) is 27.0. The molecular formula is C25H31N5O5S. The van der Waals surface area contributed by atoms with Gasteiger partial charge in [-0.05, 0) is 43.0 Å². The number of sulfonamides is 1. The van der Waals surface area contributed by atoms with Gasteiger partial charge in [0.1, 0.15) is 17.9 Å². The zero-order chi connectivity index (χ0) is 26.5. The van der Waals surface area contributed by atoms with Crippen molar-refractivity contribution < 1.29 is 22.8 Å². The summed E-state index contributed by atoms with van der Waals surface area (Å²) < 4.78 is 28.4. The molecule has 0 spiro atoms. The van der Waals surface area contributed by atoms with Gasteiger partial charge >= 0.3 is 0 Å². The average Bonchev–Trinajstić information content (AvgIpc) is 3.37. The third-order valence-corrected chi connectivity index (χ3v) is 7.81. The molecule has 0 bridgehead atoms. The Labute approximate surface area is 210 Å². The summed E-state index contributed by atoms with van der Waals surface area (Å²) in [6.07, 6.45) is 1.43. The van der Waals surface area contributed by atoms with E-state index in [-0.39, 0.29) is 28.8 Å². The number of rotatable bonds is 9. The highest BCUT2D eigenvalue weighted by Gasteiger charge is 2.40. The molecule has 0 saturated carbocycles. The van der Waals surface area contributed by atoms with Crippen LogP contribution in [0.4, 0.5) is 0 Å². The smallest absolute Gasteiger partial charge is 0.257 e. The Morgan fingerprint density at radius 3 is 2.28 bits per heavy atom. The van der Waals surface area contributed by atoms with Crippen LogP contribution in [0.3, 0.4) is 0 Å². The quantitative estimate of drug-likeness (QED) is 0.226. The second-order valence-electron chi connectivity index (χ2n) is 8.80. The van der Waals surface area contributed by atoms with Crippen molar-refractivity contribution in [1.82, 2.24) is 14.9 Å². The Morgan fingerprint density at radius 2 is 1.69 bits per heavy atom. The number of benzene rings is 2. The van der Waals surface area contributed by atoms with Crippen LogP contribution in [-0.4, -0.2) is 55.5 Å². The Bertz CT molecular complexity index is 1230. The highest BCUT2D eigenvalue weighted by molar-refractivity contribution is 7.89. The summed E-state index contributed by atoms with van der Waals surface area (Å²) in [7, 11) is -3.97. The fraction of sp³-hybridized carbons (Fsp3) is 0.360. The van der Waals surface area contributed by atoms with Crippen molar-refractivity contribution in [1.29, 1.82) is 5.41 Å². The molecule has 0 unspecified atom stereocenters. The molecule has 36 heavy (non-hydrogen) atoms. The summed E-state index contributed by atoms with van der Waals surface area (Å²) in [6, 6.07) is 11.7. The molecule has 3 atom stereocenters. The van der Waals surface area contributed by atoms with E-state index in [1.54, 1.807) is 25.1 Å². The average molecular weight is 514 g/mol. The minimum Gasteiger partial charge on any atom is -0.384 e. The van der Waals surface area contributed by atoms with Crippen LogP contribution in [0.5, 0.6) is 0 Å². The molecule has 2 aromatic rings. The molecule has 1 fully saturated rings. The summed E-state index contributed by atoms with van der Waals surface area (Å²) >= 11 is 0. The third-order valence-electron chi connectivity index (χ3n) is 6.35. The second kappa shape index (κ2) is 11.4. The fourth-order valence-corrected chi connectivity index (χ4v) is 5.35. The Kier molecular flexibility index (Phi) is 8.59. The Hall–Kier alpha value is -3.57. The Morgan fingerprint density at radius 1 is 1.08 bits per heavy atom. The van der Waals surface area contributed by atoms with E-state index >= 15 is 0 Å². The molecule has 1 aliphatic rings. The lowest BCUT2D eigenvalue weighted by molar-refractivity contribution is -0.140. The zero-order valence-electron chi connectivity index (χ0n) is 20.2. The summed E-state index contributed by atoms with van der Waals surface area (Å²) in [5.74, 6) is -2.24. The first-order valence-electron chi connectivity index (χ1n) is 11.7. The number of hydrogen-bond donors (Lipinski definition) is 4. The summed E-state index contributed by atoms with van der Waals surface area (Å²) in [6.45, 7) is 3.90. The lowest BCUT2D eigenvalue weighted by atomic mass is 9.98. The van der Waals surface area contributed by atoms with E-state index in [4.69, 9.17) is 11.1 Å². The monoisotopic (exact) mass is 513 g/mol. The van der Waals surface area contributed by atoms with E-state index in [0.717, 1.165) is 0 Å². The number of carbonyl (C=O) groups excluding carboxylic acids is 3. The van der Waals surface area contributed by atoms with E-state index in [2.05, 4.69) is 10.0 Å². The van der Waals surface area contributed by atoms with Crippen molar-refractivity contribution in [2.24, 2.45) is 11.7 Å². The van der Waals surface area contributed by atoms with Crippen LogP contribution in [0.1, 0.15) is 49.0 Å². The maximum Gasteiger partial charge on any atom is 0.257 e. The Balaban J connectivity index is 1.75. The molecule has 0 radical (unpaired) electrons. The fourth-order valence-electron chi connectivity index (χ4n) is 4.03. The number of nitrogens with two attached hydrogens (primary N) is 1. The van der Waals surface area contributed by atoms with Gasteiger partial charge in [-0.25, -0.2) is 8.42 Å². The molecule has 10 nitrogen and oxygen atoms in total. The topological polar surface area (TPSA) is 163 Å². The second-order valence-corrected chi connectivity index (χ2v) is 10.5. The summed E-state index contributed by atoms with van der Waals surface area (Å²) in [5.41, 5.74) is 6.07. The lowest BCUT2D eigenvalue weighted by Gasteiger charge is -2.31. The van der Waals surface area contributed by atoms with Crippen LogP contribution < -0.4 is 15.8 Å². The number of nitrogens with zero attached hydrogens (tertiary/aromatic N) is 1. The van der Waals surface area contributed by atoms with Gasteiger partial charge in [-0.2, -0.15) is 4.72 Å². The van der Waals surface area contributed by atoms with Crippen LogP contribution in [0, 0.1) is 11.3 Å². The first-order valence-corrected chi connectivity index (χ1v) is 13.2. The van der Waals surface area contributed by atoms with Gasteiger partial charge in [0.25, 0.3) is 5.91 Å². The van der Waals surface area contributed by atoms with Gasteiger partial charge in [0.05, 0.1) is 4.90 Å². The van der Waals surface area contributed by atoms with E-state index in [1.807, 2.05) is 6.92 Å². The van der Waals surface area contributed by atoms with Gasteiger partial charge in [0.15, 0.2) is 0 Å². The van der Waals surface area contributed by atoms with Crippen LogP contribution in [0.15, 0.2) is 59.5 Å². The minimum absolute atomic E-state index is 0.0446. The SMILES string of the molecule is CC[C@@H](C)[C@@H](NS(=O)(=O)c1ccccc1)C(=O)N1CCC[C@H]1C(=O)NC(=O)c1ccc(C(=N)N)cc1. The van der Waals surface area contributed by atoms with Crippen molar-refractivity contribution in [3.8, 4) is 0 Å². The molecule has 1 heterocycles. The van der Waals surface area contributed by atoms with Crippen LogP contribution in [-0.2, 0) is 19.6 Å². The van der Waals surface area contributed by atoms with E-state index in [9.17, 15) is 22.8 Å². The summed E-state index contributed by atoms with van der Waals surface area (Å²) in [5, 5.41) is 9.76. The molecule has 1 saturated heterocycles. The van der Waals surface area contributed by atoms with Crippen LogP contribution in [0.25, 0.3) is 0 Å². The normalized spacial score (nSPS) is 17.3. The molecule has 5 N–H and O–H groups in total. The van der Waals surface area contributed by atoms with Gasteiger partial charge in [0, 0.05) is 17.7 Å². The van der Waals surface area contributed by atoms with Crippen molar-refractivity contribution in [2.75, 3.05) is 6.54 Å². The number of nitrogen functional groups attached to an aromatic ring is 1. The molecule has 3 rings (SSSR count). The first-order chi connectivity index (χ1) is 17.0. The number of amidine groups is 1. The third kappa shape index (κ3) is 6.16. The number of likely N-dealkylation sites (tertiary alicyclic amines) is 1. The molecule has 0 aliphatic carbocycles. The van der Waals surface area contributed by atoms with Gasteiger partial charge in [-0.1, -0.05) is 50.6 Å². The molecule has 192 valence electrons. The molecule has 2 aromatic carbocycles. The standard InChI is InChI=1S/C25H31N5O5S/c1-3-16(2)21(29-36(34,35)19-8-5-4-6-9-19)25(33)30-15-7-10-20(30)24(32)28-23(31)18-13-11-17(12-14-18)22(26)27/h4-6,8-9,11-14,16,20-21,29H,3,7,10,15H2,1-2H3,(H3,26,27)(H,28,31,32)/t16-,20+,21-/m1/s1. The molecule has 3 amide bonds. The van der Waals surface area contributed by atoms with E-state index in [0.29, 0.717) is 24.8 Å². The zero-order valence-corrected chi connectivity index (χ0v) is 21.0. The van der Waals surface area contributed by atoms with Crippen molar-refractivity contribution in [3.63, 3.8) is 0 Å². The summed E-state index contributed by atoms with van der Waals surface area (Å²) in [4.78, 5) is 40.5. The maximum absolute atomic E-state index is 13.5. The van der Waals surface area contributed by atoms with E-state index in [1.165, 1.54) is 41.3 Å². The van der Waals surface area contributed by atoms with Gasteiger partial charge in [-0.15, -0.1) is 0 Å². The molecule has 1 aliphatic heterocycles.